The van der Waals surface area contributed by atoms with Gasteiger partial charge < -0.3 is 24.3 Å². The highest BCUT2D eigenvalue weighted by atomic mass is 127. The summed E-state index contributed by atoms with van der Waals surface area (Å²) in [4.78, 5) is 23.8. The molecule has 0 atom stereocenters. The van der Waals surface area contributed by atoms with Crippen LogP contribution in [0.25, 0.3) is 0 Å². The fourth-order valence-electron chi connectivity index (χ4n) is 3.58. The lowest BCUT2D eigenvalue weighted by Gasteiger charge is -2.37. The number of unbranched alkanes of at least 4 members (excludes halogenated alkanes) is 1. The Balaban J connectivity index is 0.00000320. The maximum Gasteiger partial charge on any atom is 0.236 e. The predicted octanol–water partition coefficient (Wildman–Crippen LogP) is 1.66. The standard InChI is InChI=1S/C21H35N5O3.HI/c1-2-3-7-22-21(23-8-6-19-5-4-15-29-19)26-11-9-24(10-12-26)18-20(27)25-13-16-28-17-14-25;/h4-5,15H,2-3,6-14,16-18H2,1H3,(H,22,23);1H. The van der Waals surface area contributed by atoms with Crippen molar-refractivity contribution >= 4 is 35.8 Å². The Morgan fingerprint density at radius 1 is 1.13 bits per heavy atom. The second-order valence-electron chi connectivity index (χ2n) is 7.57. The summed E-state index contributed by atoms with van der Waals surface area (Å²) in [5.41, 5.74) is 0. The summed E-state index contributed by atoms with van der Waals surface area (Å²) in [5.74, 6) is 2.18. The summed E-state index contributed by atoms with van der Waals surface area (Å²) >= 11 is 0. The second kappa shape index (κ2) is 13.9. The van der Waals surface area contributed by atoms with Gasteiger partial charge in [-0.3, -0.25) is 14.7 Å². The van der Waals surface area contributed by atoms with Crippen molar-refractivity contribution in [3.63, 3.8) is 0 Å². The number of hydrogen-bond donors (Lipinski definition) is 1. The average Bonchev–Trinajstić information content (AvgIpc) is 3.27. The van der Waals surface area contributed by atoms with Gasteiger partial charge in [0, 0.05) is 58.8 Å². The Morgan fingerprint density at radius 2 is 1.90 bits per heavy atom. The maximum absolute atomic E-state index is 12.5. The van der Waals surface area contributed by atoms with Gasteiger partial charge in [0.1, 0.15) is 5.76 Å². The highest BCUT2D eigenvalue weighted by Gasteiger charge is 2.24. The molecule has 170 valence electrons. The van der Waals surface area contributed by atoms with Crippen molar-refractivity contribution in [2.24, 2.45) is 4.99 Å². The molecule has 0 aliphatic carbocycles. The molecule has 8 nitrogen and oxygen atoms in total. The highest BCUT2D eigenvalue weighted by Crippen LogP contribution is 2.06. The van der Waals surface area contributed by atoms with Crippen molar-refractivity contribution in [2.75, 3.05) is 72.1 Å². The van der Waals surface area contributed by atoms with Crippen molar-refractivity contribution in [2.45, 2.75) is 26.2 Å². The Hall–Kier alpha value is -1.33. The third-order valence-corrected chi connectivity index (χ3v) is 5.40. The zero-order valence-corrected chi connectivity index (χ0v) is 20.4. The van der Waals surface area contributed by atoms with E-state index in [0.717, 1.165) is 70.3 Å². The van der Waals surface area contributed by atoms with Crippen molar-refractivity contribution < 1.29 is 13.9 Å². The molecule has 2 fully saturated rings. The summed E-state index contributed by atoms with van der Waals surface area (Å²) in [6, 6.07) is 3.92. The molecule has 2 aliphatic rings. The van der Waals surface area contributed by atoms with Gasteiger partial charge >= 0.3 is 0 Å². The van der Waals surface area contributed by atoms with Gasteiger partial charge in [0.25, 0.3) is 0 Å². The van der Waals surface area contributed by atoms with Gasteiger partial charge in [0.05, 0.1) is 26.0 Å². The van der Waals surface area contributed by atoms with Crippen LogP contribution >= 0.6 is 24.0 Å². The van der Waals surface area contributed by atoms with E-state index >= 15 is 0 Å². The van der Waals surface area contributed by atoms with E-state index in [1.54, 1.807) is 6.26 Å². The van der Waals surface area contributed by atoms with E-state index in [0.29, 0.717) is 32.8 Å². The fourth-order valence-corrected chi connectivity index (χ4v) is 3.58. The molecule has 30 heavy (non-hydrogen) atoms. The van der Waals surface area contributed by atoms with Gasteiger partial charge in [-0.15, -0.1) is 24.0 Å². The lowest BCUT2D eigenvalue weighted by molar-refractivity contribution is -0.136. The smallest absolute Gasteiger partial charge is 0.236 e. The molecule has 9 heteroatoms. The number of halogens is 1. The molecule has 1 N–H and O–H groups in total. The van der Waals surface area contributed by atoms with Crippen LogP contribution in [0, 0.1) is 0 Å². The van der Waals surface area contributed by atoms with Crippen LogP contribution in [-0.2, 0) is 16.0 Å². The number of furan rings is 1. The Labute approximate surface area is 197 Å². The number of nitrogens with one attached hydrogen (secondary N) is 1. The van der Waals surface area contributed by atoms with Crippen LogP contribution in [0.15, 0.2) is 27.8 Å². The molecular formula is C21H36IN5O3. The normalized spacial score (nSPS) is 18.2. The number of rotatable bonds is 8. The van der Waals surface area contributed by atoms with E-state index in [-0.39, 0.29) is 29.9 Å². The lowest BCUT2D eigenvalue weighted by Crippen LogP contribution is -2.55. The van der Waals surface area contributed by atoms with Crippen LogP contribution in [0.4, 0.5) is 0 Å². The third-order valence-electron chi connectivity index (χ3n) is 5.40. The molecule has 0 bridgehead atoms. The molecule has 0 aromatic carbocycles. The number of amides is 1. The van der Waals surface area contributed by atoms with Gasteiger partial charge in [-0.05, 0) is 18.6 Å². The molecule has 0 unspecified atom stereocenters. The Bertz CT molecular complexity index is 627. The molecule has 2 aliphatic heterocycles. The topological polar surface area (TPSA) is 73.6 Å². The van der Waals surface area contributed by atoms with Crippen LogP contribution in [0.5, 0.6) is 0 Å². The first-order valence-corrected chi connectivity index (χ1v) is 10.9. The summed E-state index contributed by atoms with van der Waals surface area (Å²) < 4.78 is 10.8. The second-order valence-corrected chi connectivity index (χ2v) is 7.57. The lowest BCUT2D eigenvalue weighted by atomic mass is 10.3. The Kier molecular flexibility index (Phi) is 11.5. The number of carbonyl (C=O) groups is 1. The average molecular weight is 533 g/mol. The zero-order valence-electron chi connectivity index (χ0n) is 18.1. The molecule has 0 saturated carbocycles. The number of ether oxygens (including phenoxy) is 1. The number of carbonyl (C=O) groups excluding carboxylic acids is 1. The summed E-state index contributed by atoms with van der Waals surface area (Å²) in [6.45, 7) is 10.6. The number of hydrogen-bond acceptors (Lipinski definition) is 5. The van der Waals surface area contributed by atoms with E-state index in [4.69, 9.17) is 14.1 Å². The molecular weight excluding hydrogens is 497 g/mol. The van der Waals surface area contributed by atoms with Gasteiger partial charge in [0.15, 0.2) is 5.96 Å². The van der Waals surface area contributed by atoms with E-state index in [9.17, 15) is 4.79 Å². The van der Waals surface area contributed by atoms with Crippen LogP contribution in [-0.4, -0.2) is 98.7 Å². The molecule has 2 saturated heterocycles. The zero-order chi connectivity index (χ0) is 20.3. The van der Waals surface area contributed by atoms with Crippen molar-refractivity contribution in [3.05, 3.63) is 24.2 Å². The number of morpholine rings is 1. The minimum Gasteiger partial charge on any atom is -0.469 e. The van der Waals surface area contributed by atoms with E-state index < -0.39 is 0 Å². The van der Waals surface area contributed by atoms with Gasteiger partial charge in [0.2, 0.25) is 5.91 Å². The van der Waals surface area contributed by atoms with Gasteiger partial charge in [-0.1, -0.05) is 13.3 Å². The van der Waals surface area contributed by atoms with Crippen molar-refractivity contribution in [1.82, 2.24) is 20.0 Å². The molecule has 1 amide bonds. The highest BCUT2D eigenvalue weighted by molar-refractivity contribution is 14.0. The molecule has 0 radical (unpaired) electrons. The number of guanidine groups is 1. The first-order chi connectivity index (χ1) is 14.3. The minimum atomic E-state index is 0. The number of piperazine rings is 1. The largest absolute Gasteiger partial charge is 0.469 e. The summed E-state index contributed by atoms with van der Waals surface area (Å²) in [6.07, 6.45) is 4.79. The quantitative estimate of drug-likeness (QED) is 0.237. The first-order valence-electron chi connectivity index (χ1n) is 10.9. The van der Waals surface area contributed by atoms with E-state index in [1.807, 2.05) is 17.0 Å². The Morgan fingerprint density at radius 3 is 2.57 bits per heavy atom. The number of aliphatic imine (C=N–C) groups is 1. The van der Waals surface area contributed by atoms with E-state index in [2.05, 4.69) is 22.0 Å². The monoisotopic (exact) mass is 533 g/mol. The van der Waals surface area contributed by atoms with E-state index in [1.165, 1.54) is 0 Å². The fraction of sp³-hybridized carbons (Fsp3) is 0.714. The molecule has 1 aromatic heterocycles. The summed E-state index contributed by atoms with van der Waals surface area (Å²) in [7, 11) is 0. The van der Waals surface area contributed by atoms with Crippen LogP contribution in [0.3, 0.4) is 0 Å². The molecule has 3 rings (SSSR count). The van der Waals surface area contributed by atoms with Crippen LogP contribution < -0.4 is 5.32 Å². The van der Waals surface area contributed by atoms with Crippen LogP contribution in [0.1, 0.15) is 25.5 Å². The molecule has 1 aromatic rings. The summed E-state index contributed by atoms with van der Waals surface area (Å²) in [5, 5.41) is 3.50. The third kappa shape index (κ3) is 8.07. The first kappa shape index (κ1) is 24.9. The predicted molar refractivity (Wildman–Crippen MR) is 128 cm³/mol. The maximum atomic E-state index is 12.5. The SMILES string of the molecule is CCCCN=C(NCCc1ccco1)N1CCN(CC(=O)N2CCOCC2)CC1.I. The van der Waals surface area contributed by atoms with Crippen LogP contribution in [0.2, 0.25) is 0 Å². The molecule has 3 heterocycles. The van der Waals surface area contributed by atoms with Crippen molar-refractivity contribution in [1.29, 1.82) is 0 Å². The van der Waals surface area contributed by atoms with Gasteiger partial charge in [-0.25, -0.2) is 0 Å². The molecule has 0 spiro atoms. The van der Waals surface area contributed by atoms with Crippen molar-refractivity contribution in [3.8, 4) is 0 Å². The number of nitrogens with zero attached hydrogens (tertiary/aromatic N) is 4. The van der Waals surface area contributed by atoms with Gasteiger partial charge in [-0.2, -0.15) is 0 Å². The minimum absolute atomic E-state index is 0.